The van der Waals surface area contributed by atoms with Crippen LogP contribution in [0.25, 0.3) is 22.6 Å². The Labute approximate surface area is 203 Å². The van der Waals surface area contributed by atoms with E-state index in [0.29, 0.717) is 17.2 Å². The number of benzene rings is 1. The van der Waals surface area contributed by atoms with Crippen molar-refractivity contribution in [3.63, 3.8) is 0 Å². The van der Waals surface area contributed by atoms with Gasteiger partial charge in [0.05, 0.1) is 29.3 Å². The van der Waals surface area contributed by atoms with Crippen molar-refractivity contribution in [3.8, 4) is 16.9 Å². The van der Waals surface area contributed by atoms with Gasteiger partial charge in [0.25, 0.3) is 5.91 Å². The first-order valence-corrected chi connectivity index (χ1v) is 12.3. The summed E-state index contributed by atoms with van der Waals surface area (Å²) in [5, 5.41) is 7.42. The smallest absolute Gasteiger partial charge is 0.254 e. The third kappa shape index (κ3) is 4.23. The molecular weight excluding hydrogens is 443 g/mol. The number of carbonyl (C=O) groups is 1. The van der Waals surface area contributed by atoms with Crippen molar-refractivity contribution in [2.45, 2.75) is 44.6 Å². The normalized spacial score (nSPS) is 18.8. The van der Waals surface area contributed by atoms with Crippen molar-refractivity contribution in [2.24, 2.45) is 0 Å². The molecule has 3 aromatic heterocycles. The maximum atomic E-state index is 14.6. The number of rotatable bonds is 5. The van der Waals surface area contributed by atoms with Gasteiger partial charge in [0.1, 0.15) is 11.5 Å². The zero-order chi connectivity index (χ0) is 24.1. The maximum Gasteiger partial charge on any atom is 0.254 e. The summed E-state index contributed by atoms with van der Waals surface area (Å²) in [7, 11) is 2.18. The highest BCUT2D eigenvalue weighted by atomic mass is 19.1. The fourth-order valence-electron chi connectivity index (χ4n) is 5.05. The number of halogens is 1. The van der Waals surface area contributed by atoms with E-state index in [1.54, 1.807) is 16.9 Å². The molecule has 1 amide bonds. The van der Waals surface area contributed by atoms with Crippen LogP contribution in [0.15, 0.2) is 49.1 Å². The quantitative estimate of drug-likeness (QED) is 0.469. The maximum absolute atomic E-state index is 14.6. The van der Waals surface area contributed by atoms with Crippen LogP contribution in [0.3, 0.4) is 0 Å². The zero-order valence-corrected chi connectivity index (χ0v) is 20.0. The van der Waals surface area contributed by atoms with Gasteiger partial charge in [-0.1, -0.05) is 6.07 Å². The second-order valence-corrected chi connectivity index (χ2v) is 9.98. The highest BCUT2D eigenvalue weighted by molar-refractivity contribution is 5.95. The molecule has 1 aromatic carbocycles. The lowest BCUT2D eigenvalue weighted by Crippen LogP contribution is -2.30. The molecule has 6 rings (SSSR count). The summed E-state index contributed by atoms with van der Waals surface area (Å²) in [6.07, 6.45) is 12.1. The molecular formula is C27H29FN6O. The average molecular weight is 473 g/mol. The van der Waals surface area contributed by atoms with Gasteiger partial charge in [-0.2, -0.15) is 5.10 Å². The predicted molar refractivity (Wildman–Crippen MR) is 132 cm³/mol. The molecule has 0 radical (unpaired) electrons. The minimum Gasteiger partial charge on any atom is -0.349 e. The summed E-state index contributed by atoms with van der Waals surface area (Å²) in [5.41, 5.74) is 5.49. The molecule has 1 atom stereocenters. The van der Waals surface area contributed by atoms with Gasteiger partial charge in [-0.25, -0.2) is 14.1 Å². The van der Waals surface area contributed by atoms with Crippen LogP contribution in [0.5, 0.6) is 0 Å². The molecule has 0 bridgehead atoms. The van der Waals surface area contributed by atoms with Gasteiger partial charge in [-0.05, 0) is 81.4 Å². The number of amides is 1. The second-order valence-electron chi connectivity index (χ2n) is 9.98. The molecule has 0 spiro atoms. The number of carbonyl (C=O) groups excluding carboxylic acids is 1. The molecule has 1 saturated carbocycles. The molecule has 8 heteroatoms. The van der Waals surface area contributed by atoms with Crippen LogP contribution in [0.2, 0.25) is 0 Å². The largest absolute Gasteiger partial charge is 0.349 e. The highest BCUT2D eigenvalue weighted by Crippen LogP contribution is 2.29. The van der Waals surface area contributed by atoms with E-state index in [1.165, 1.54) is 24.5 Å². The summed E-state index contributed by atoms with van der Waals surface area (Å²) in [4.78, 5) is 19.5. The first kappa shape index (κ1) is 22.0. The van der Waals surface area contributed by atoms with E-state index >= 15 is 0 Å². The summed E-state index contributed by atoms with van der Waals surface area (Å²) in [5.74, 6) is -0.376. The molecule has 2 fully saturated rings. The molecule has 2 aliphatic rings. The fraction of sp³-hybridized carbons (Fsp3) is 0.370. The lowest BCUT2D eigenvalue weighted by Gasteiger charge is -2.30. The lowest BCUT2D eigenvalue weighted by molar-refractivity contribution is 0.0947. The zero-order valence-electron chi connectivity index (χ0n) is 20.0. The SMILES string of the molecule is Cc1cc(F)c(C(=O)NC2CC2)cc1-n1cc(-c2cnc3ccc(C4CCCN(C)C4)cn23)cn1. The Morgan fingerprint density at radius 3 is 2.80 bits per heavy atom. The van der Waals surface area contributed by atoms with Crippen LogP contribution in [0.4, 0.5) is 4.39 Å². The Morgan fingerprint density at radius 1 is 1.14 bits per heavy atom. The van der Waals surface area contributed by atoms with E-state index in [4.69, 9.17) is 0 Å². The Balaban J connectivity index is 1.34. The number of likely N-dealkylation sites (tertiary alicyclic amines) is 1. The molecule has 7 nitrogen and oxygen atoms in total. The Bertz CT molecular complexity index is 1420. The van der Waals surface area contributed by atoms with E-state index in [0.717, 1.165) is 42.8 Å². The fourth-order valence-corrected chi connectivity index (χ4v) is 5.05. The van der Waals surface area contributed by atoms with Crippen molar-refractivity contribution in [1.82, 2.24) is 29.4 Å². The average Bonchev–Trinajstić information content (AvgIpc) is 3.35. The Morgan fingerprint density at radius 2 is 2.00 bits per heavy atom. The third-order valence-electron chi connectivity index (χ3n) is 7.19. The summed E-state index contributed by atoms with van der Waals surface area (Å²) < 4.78 is 18.4. The van der Waals surface area contributed by atoms with Crippen LogP contribution >= 0.6 is 0 Å². The number of nitrogens with zero attached hydrogens (tertiary/aromatic N) is 5. The van der Waals surface area contributed by atoms with Crippen LogP contribution in [-0.2, 0) is 0 Å². The number of fused-ring (bicyclic) bond motifs is 1. The predicted octanol–water partition coefficient (Wildman–Crippen LogP) is 4.34. The van der Waals surface area contributed by atoms with Crippen molar-refractivity contribution in [1.29, 1.82) is 0 Å². The number of aromatic nitrogens is 4. The van der Waals surface area contributed by atoms with E-state index in [-0.39, 0.29) is 17.5 Å². The first-order chi connectivity index (χ1) is 17.0. The van der Waals surface area contributed by atoms with Crippen molar-refractivity contribution in [3.05, 3.63) is 71.6 Å². The van der Waals surface area contributed by atoms with E-state index in [9.17, 15) is 9.18 Å². The van der Waals surface area contributed by atoms with Gasteiger partial charge in [-0.3, -0.25) is 9.20 Å². The standard InChI is InChI=1S/C27H29FN6O/c1-17-10-23(28)22(27(35)31-21-6-7-21)11-24(17)34-16-20(12-30-34)25-13-29-26-8-5-19(15-33(25)26)18-4-3-9-32(2)14-18/h5,8,10-13,15-16,18,21H,3-4,6-7,9,14H2,1-2H3,(H,31,35). The molecule has 1 saturated heterocycles. The summed E-state index contributed by atoms with van der Waals surface area (Å²) in [6, 6.07) is 7.42. The first-order valence-electron chi connectivity index (χ1n) is 12.3. The van der Waals surface area contributed by atoms with E-state index in [1.807, 2.05) is 19.3 Å². The molecule has 1 unspecified atom stereocenters. The Hall–Kier alpha value is -3.52. The van der Waals surface area contributed by atoms with Gasteiger partial charge in [-0.15, -0.1) is 0 Å². The van der Waals surface area contributed by atoms with Gasteiger partial charge >= 0.3 is 0 Å². The molecule has 180 valence electrons. The summed E-state index contributed by atoms with van der Waals surface area (Å²) >= 11 is 0. The van der Waals surface area contributed by atoms with Crippen molar-refractivity contribution < 1.29 is 9.18 Å². The van der Waals surface area contributed by atoms with E-state index < -0.39 is 5.82 Å². The minimum absolute atomic E-state index is 0.0476. The van der Waals surface area contributed by atoms with Crippen molar-refractivity contribution >= 4 is 11.6 Å². The number of likely N-dealkylation sites (N-methyl/N-ethyl adjacent to an activating group) is 1. The molecule has 4 heterocycles. The van der Waals surface area contributed by atoms with Gasteiger partial charge in [0.15, 0.2) is 0 Å². The number of aryl methyl sites for hydroxylation is 1. The lowest BCUT2D eigenvalue weighted by atomic mass is 9.92. The van der Waals surface area contributed by atoms with Crippen LogP contribution in [0.1, 0.15) is 53.1 Å². The topological polar surface area (TPSA) is 67.5 Å². The number of pyridine rings is 1. The number of nitrogens with one attached hydrogen (secondary N) is 1. The van der Waals surface area contributed by atoms with Crippen LogP contribution in [-0.4, -0.2) is 56.2 Å². The molecule has 1 aliphatic carbocycles. The number of piperidine rings is 1. The van der Waals surface area contributed by atoms with Gasteiger partial charge in [0, 0.05) is 30.5 Å². The monoisotopic (exact) mass is 472 g/mol. The van der Waals surface area contributed by atoms with Crippen molar-refractivity contribution in [2.75, 3.05) is 20.1 Å². The summed E-state index contributed by atoms with van der Waals surface area (Å²) in [6.45, 7) is 4.04. The number of hydrogen-bond donors (Lipinski definition) is 1. The minimum atomic E-state index is -0.514. The Kier molecular flexibility index (Phi) is 5.40. The second kappa shape index (κ2) is 8.61. The molecule has 4 aromatic rings. The third-order valence-corrected chi connectivity index (χ3v) is 7.19. The van der Waals surface area contributed by atoms with Gasteiger partial charge in [0.2, 0.25) is 0 Å². The van der Waals surface area contributed by atoms with Gasteiger partial charge < -0.3 is 10.2 Å². The van der Waals surface area contributed by atoms with Crippen LogP contribution < -0.4 is 5.32 Å². The highest BCUT2D eigenvalue weighted by Gasteiger charge is 2.26. The van der Waals surface area contributed by atoms with Crippen LogP contribution in [0, 0.1) is 12.7 Å². The molecule has 1 N–H and O–H groups in total. The molecule has 35 heavy (non-hydrogen) atoms. The molecule has 1 aliphatic heterocycles. The number of imidazole rings is 1. The number of hydrogen-bond acceptors (Lipinski definition) is 4. The van der Waals surface area contributed by atoms with E-state index in [2.05, 4.69) is 50.1 Å².